The number of carbonyl (C=O) groups excluding carboxylic acids is 1. The molecule has 1 aromatic heterocycles. The zero-order chi connectivity index (χ0) is 33.4. The molecule has 4 rings (SSSR count). The zero-order valence-electron chi connectivity index (χ0n) is 28.4. The van der Waals surface area contributed by atoms with Crippen LogP contribution in [-0.2, 0) is 6.54 Å². The summed E-state index contributed by atoms with van der Waals surface area (Å²) in [6.45, 7) is 0.182. The van der Waals surface area contributed by atoms with Gasteiger partial charge in [-0.15, -0.1) is 13.2 Å². The van der Waals surface area contributed by atoms with Crippen LogP contribution >= 0.6 is 0 Å². The fraction of sp³-hybridized carbons (Fsp3) is 0.190. The van der Waals surface area contributed by atoms with E-state index in [9.17, 15) is 18.0 Å². The summed E-state index contributed by atoms with van der Waals surface area (Å²) in [5, 5.41) is -1.58. The van der Waals surface area contributed by atoms with E-state index < -0.39 is 17.1 Å². The highest BCUT2D eigenvalue weighted by molar-refractivity contribution is 6.65. The third-order valence-corrected chi connectivity index (χ3v) is 10.2. The SMILES string of the molecule is Bc1nc(CN2C(=O)c3c(B)c(-c4c(B)c(B)c(OC(F)(F)F)c(B)c4B)c(B)c(B)c3OC(B)(B)C2(B)B)nc(B)c1B. The number of amides is 1. The van der Waals surface area contributed by atoms with Gasteiger partial charge in [-0.25, -0.2) is 9.97 Å². The van der Waals surface area contributed by atoms with Gasteiger partial charge in [0.25, 0.3) is 5.91 Å². The van der Waals surface area contributed by atoms with Crippen molar-refractivity contribution in [3.63, 3.8) is 0 Å². The van der Waals surface area contributed by atoms with Crippen molar-refractivity contribution < 1.29 is 27.4 Å². The molecule has 0 spiro atoms. The molecule has 0 saturated heterocycles. The van der Waals surface area contributed by atoms with Crippen molar-refractivity contribution in [2.75, 3.05) is 0 Å². The van der Waals surface area contributed by atoms with Gasteiger partial charge < -0.3 is 14.4 Å². The normalized spacial score (nSPS) is 15.7. The fourth-order valence-corrected chi connectivity index (χ4v) is 6.22. The Morgan fingerprint density at radius 2 is 1.14 bits per heavy atom. The minimum absolute atomic E-state index is 0.182. The van der Waals surface area contributed by atoms with E-state index in [1.54, 1.807) is 36.3 Å². The quantitative estimate of drug-likeness (QED) is 0.287. The van der Waals surface area contributed by atoms with Crippen LogP contribution in [0.1, 0.15) is 16.2 Å². The molecule has 2 aromatic carbocycles. The topological polar surface area (TPSA) is 64.6 Å². The van der Waals surface area contributed by atoms with E-state index in [4.69, 9.17) is 14.7 Å². The number of hydrogen-bond acceptors (Lipinski definition) is 5. The summed E-state index contributed by atoms with van der Waals surface area (Å²) in [5.41, 5.74) is 9.34. The number of hydrogen-bond donors (Lipinski definition) is 0. The van der Waals surface area contributed by atoms with Gasteiger partial charge in [0.15, 0.2) is 15.7 Å². The Labute approximate surface area is 270 Å². The number of carbonyl (C=O) groups is 1. The van der Waals surface area contributed by atoms with Gasteiger partial charge in [0, 0.05) is 10.7 Å². The molecule has 23 heteroatoms. The van der Waals surface area contributed by atoms with E-state index in [0.29, 0.717) is 44.5 Å². The second kappa shape index (κ2) is 11.3. The summed E-state index contributed by atoms with van der Waals surface area (Å²) in [4.78, 5) is 26.0. The number of rotatable bonds is 4. The summed E-state index contributed by atoms with van der Waals surface area (Å²) in [6.07, 6.45) is -4.81. The molecule has 1 aliphatic rings. The molecule has 1 aliphatic heterocycles. The van der Waals surface area contributed by atoms with Crippen molar-refractivity contribution in [1.29, 1.82) is 0 Å². The molecule has 0 aliphatic carbocycles. The number of alkyl halides is 3. The first-order valence-corrected chi connectivity index (χ1v) is 14.8. The Balaban J connectivity index is 2.03. The lowest BCUT2D eigenvalue weighted by Crippen LogP contribution is -2.69. The Bertz CT molecular complexity index is 1690. The number of fused-ring (bicyclic) bond motifs is 1. The lowest BCUT2D eigenvalue weighted by atomic mass is 9.39. The van der Waals surface area contributed by atoms with Gasteiger partial charge >= 0.3 is 6.36 Å². The predicted octanol–water partition coefficient (Wildman–Crippen LogP) is -17.5. The average molecular weight is 581 g/mol. The molecule has 1 amide bonds. The summed E-state index contributed by atoms with van der Waals surface area (Å²) in [6, 6.07) is 0. The number of nitrogens with zero attached hydrogens (tertiary/aromatic N) is 3. The lowest BCUT2D eigenvalue weighted by molar-refractivity contribution is -0.273. The monoisotopic (exact) mass is 583 g/mol. The third kappa shape index (κ3) is 5.51. The molecule has 0 saturated carbocycles. The molecular formula is C21H30B14F3N3O3. The van der Waals surface area contributed by atoms with Crippen molar-refractivity contribution in [3.05, 3.63) is 11.4 Å². The molecule has 0 radical (unpaired) electrons. The van der Waals surface area contributed by atoms with Gasteiger partial charge in [0.05, 0.1) is 12.1 Å². The van der Waals surface area contributed by atoms with E-state index in [1.807, 2.05) is 78.5 Å². The summed E-state index contributed by atoms with van der Waals surface area (Å²) in [7, 11) is 26.5. The molecule has 44 heavy (non-hydrogen) atoms. The average Bonchev–Trinajstić information content (AvgIpc) is 2.95. The Morgan fingerprint density at radius 3 is 1.61 bits per heavy atom. The van der Waals surface area contributed by atoms with Crippen molar-refractivity contribution in [2.24, 2.45) is 0 Å². The van der Waals surface area contributed by atoms with Crippen molar-refractivity contribution >= 4 is 171 Å². The second-order valence-electron chi connectivity index (χ2n) is 13.2. The van der Waals surface area contributed by atoms with Crippen molar-refractivity contribution in [2.45, 2.75) is 23.6 Å². The van der Waals surface area contributed by atoms with Gasteiger partial charge in [-0.05, 0) is 22.3 Å². The van der Waals surface area contributed by atoms with Gasteiger partial charge in [0.1, 0.15) is 111 Å². The minimum Gasteiger partial charge on any atom is -0.504 e. The Hall–Kier alpha value is -2.71. The highest BCUT2D eigenvalue weighted by Crippen LogP contribution is 2.34. The zero-order valence-corrected chi connectivity index (χ0v) is 28.4. The number of benzene rings is 2. The number of aromatic nitrogens is 2. The Morgan fingerprint density at radius 1 is 0.682 bits per heavy atom. The van der Waals surface area contributed by atoms with Crippen molar-refractivity contribution in [3.8, 4) is 22.6 Å². The van der Waals surface area contributed by atoms with E-state index >= 15 is 0 Å². The summed E-state index contributed by atoms with van der Waals surface area (Å²) >= 11 is 0. The van der Waals surface area contributed by atoms with Crippen LogP contribution in [0.2, 0.25) is 0 Å². The van der Waals surface area contributed by atoms with Crippen LogP contribution in [0.4, 0.5) is 13.2 Å². The second-order valence-corrected chi connectivity index (χ2v) is 13.2. The maximum atomic E-state index is 14.8. The van der Waals surface area contributed by atoms with E-state index in [1.165, 1.54) is 0 Å². The highest BCUT2D eigenvalue weighted by atomic mass is 19.4. The standard InChI is InChI=1S/C21H30B14F3N3O3/c22-6-3(4-8(24)11(27)15(12(28)9(4)25)44-21(36,37)38)7(23)10(26)14-5(6)18(42)41(19(32,33)20(34,35)43-14)1-2-39-16(30)13(29)17(31)40-2/h1,22-35H2. The molecule has 6 nitrogen and oxygen atoms in total. The molecular weight excluding hydrogens is 551 g/mol. The smallest absolute Gasteiger partial charge is 0.504 e. The Kier molecular flexibility index (Phi) is 8.75. The molecule has 0 unspecified atom stereocenters. The van der Waals surface area contributed by atoms with Crippen molar-refractivity contribution in [1.82, 2.24) is 14.9 Å². The molecule has 3 aromatic rings. The van der Waals surface area contributed by atoms with Crippen LogP contribution in [0.15, 0.2) is 0 Å². The van der Waals surface area contributed by atoms with Gasteiger partial charge in [-0.2, -0.15) is 0 Å². The molecule has 0 atom stereocenters. The number of halogens is 3. The van der Waals surface area contributed by atoms with Crippen LogP contribution in [-0.4, -0.2) is 148 Å². The van der Waals surface area contributed by atoms with Crippen LogP contribution in [0, 0.1) is 0 Å². The first kappa shape index (κ1) is 34.2. The van der Waals surface area contributed by atoms with Gasteiger partial charge in [0.2, 0.25) is 0 Å². The maximum Gasteiger partial charge on any atom is 0.573 e. The van der Waals surface area contributed by atoms with Crippen LogP contribution in [0.25, 0.3) is 11.1 Å². The summed E-state index contributed by atoms with van der Waals surface area (Å²) < 4.78 is 51.3. The first-order chi connectivity index (χ1) is 20.0. The number of ether oxygens (including phenoxy) is 2. The van der Waals surface area contributed by atoms with E-state index in [2.05, 4.69) is 4.74 Å². The lowest BCUT2D eigenvalue weighted by Gasteiger charge is -2.48. The molecule has 210 valence electrons. The predicted molar refractivity (Wildman–Crippen MR) is 213 cm³/mol. The van der Waals surface area contributed by atoms with Crippen LogP contribution in [0.3, 0.4) is 0 Å². The van der Waals surface area contributed by atoms with E-state index in [-0.39, 0.29) is 18.2 Å². The highest BCUT2D eigenvalue weighted by Gasteiger charge is 2.49. The largest absolute Gasteiger partial charge is 0.573 e. The van der Waals surface area contributed by atoms with Gasteiger partial charge in [-0.3, -0.25) is 4.79 Å². The van der Waals surface area contributed by atoms with Crippen LogP contribution in [0.5, 0.6) is 11.5 Å². The molecule has 0 N–H and O–H groups in total. The maximum absolute atomic E-state index is 14.8. The molecule has 0 fully saturated rings. The minimum atomic E-state index is -4.81. The molecule has 2 heterocycles. The van der Waals surface area contributed by atoms with Crippen LogP contribution < -0.4 is 64.4 Å². The third-order valence-electron chi connectivity index (χ3n) is 10.2. The van der Waals surface area contributed by atoms with E-state index in [0.717, 1.165) is 38.7 Å². The first-order valence-electron chi connectivity index (χ1n) is 14.8. The molecule has 0 bridgehead atoms. The van der Waals surface area contributed by atoms with Gasteiger partial charge in [-0.1, -0.05) is 43.7 Å². The fourth-order valence-electron chi connectivity index (χ4n) is 6.22. The summed E-state index contributed by atoms with van der Waals surface area (Å²) in [5.74, 6) is 0.673.